The third-order valence-electron chi connectivity index (χ3n) is 1.24. The zero-order chi connectivity index (χ0) is 9.40. The lowest BCUT2D eigenvalue weighted by Crippen LogP contribution is -2.33. The molecule has 0 saturated heterocycles. The molecule has 0 bridgehead atoms. The first kappa shape index (κ1) is 11.4. The summed E-state index contributed by atoms with van der Waals surface area (Å²) >= 11 is 0. The summed E-state index contributed by atoms with van der Waals surface area (Å²) < 4.78 is 9.85. The van der Waals surface area contributed by atoms with Crippen molar-refractivity contribution in [2.75, 3.05) is 26.4 Å². The van der Waals surface area contributed by atoms with Gasteiger partial charge in [-0.3, -0.25) is 0 Å². The van der Waals surface area contributed by atoms with Gasteiger partial charge in [0.15, 0.2) is 6.10 Å². The molecule has 1 atom stereocenters. The largest absolute Gasteiger partial charge is 0.479 e. The lowest BCUT2D eigenvalue weighted by atomic mass is 10.4. The van der Waals surface area contributed by atoms with E-state index in [0.29, 0.717) is 13.2 Å². The minimum atomic E-state index is -1.03. The van der Waals surface area contributed by atoms with Gasteiger partial charge in [0, 0.05) is 13.2 Å². The normalized spacial score (nSPS) is 12.8. The van der Waals surface area contributed by atoms with E-state index >= 15 is 0 Å². The van der Waals surface area contributed by atoms with Gasteiger partial charge in [0.05, 0.1) is 13.2 Å². The van der Waals surface area contributed by atoms with Crippen molar-refractivity contribution in [3.05, 3.63) is 0 Å². The van der Waals surface area contributed by atoms with Crippen molar-refractivity contribution in [1.29, 1.82) is 0 Å². The Kier molecular flexibility index (Phi) is 6.64. The highest BCUT2D eigenvalue weighted by atomic mass is 16.5. The standard InChI is InChI=1S/C7H15NO4/c1-2-11-3-4-12-6(5-8)7(9)10/h6H,2-5,8H2,1H3,(H,9,10). The number of aliphatic carboxylic acids is 1. The average Bonchev–Trinajstić information content (AvgIpc) is 2.04. The van der Waals surface area contributed by atoms with Crippen molar-refractivity contribution in [3.8, 4) is 0 Å². The molecule has 0 aromatic rings. The van der Waals surface area contributed by atoms with Gasteiger partial charge in [-0.1, -0.05) is 0 Å². The van der Waals surface area contributed by atoms with Crippen LogP contribution in [0, 0.1) is 0 Å². The van der Waals surface area contributed by atoms with Crippen molar-refractivity contribution in [1.82, 2.24) is 0 Å². The second-order valence-corrected chi connectivity index (χ2v) is 2.13. The maximum absolute atomic E-state index is 10.3. The molecule has 0 rings (SSSR count). The number of hydrogen-bond donors (Lipinski definition) is 2. The van der Waals surface area contributed by atoms with Crippen molar-refractivity contribution in [3.63, 3.8) is 0 Å². The van der Waals surface area contributed by atoms with Gasteiger partial charge >= 0.3 is 5.97 Å². The minimum absolute atomic E-state index is 0.0124. The summed E-state index contributed by atoms with van der Waals surface area (Å²) in [5.41, 5.74) is 5.14. The van der Waals surface area contributed by atoms with Gasteiger partial charge in [0.1, 0.15) is 0 Å². The number of carboxylic acids is 1. The summed E-state index contributed by atoms with van der Waals surface area (Å²) in [6.45, 7) is 3.12. The van der Waals surface area contributed by atoms with Gasteiger partial charge in [0.25, 0.3) is 0 Å². The van der Waals surface area contributed by atoms with Crippen LogP contribution in [-0.4, -0.2) is 43.5 Å². The molecule has 0 heterocycles. The minimum Gasteiger partial charge on any atom is -0.479 e. The third kappa shape index (κ3) is 5.06. The molecule has 5 heteroatoms. The Hall–Kier alpha value is -0.650. The van der Waals surface area contributed by atoms with Crippen LogP contribution < -0.4 is 5.73 Å². The van der Waals surface area contributed by atoms with Gasteiger partial charge in [-0.25, -0.2) is 4.79 Å². The summed E-state index contributed by atoms with van der Waals surface area (Å²) in [5.74, 6) is -1.03. The molecule has 72 valence electrons. The SMILES string of the molecule is CCOCCOC(CN)C(=O)O. The fraction of sp³-hybridized carbons (Fsp3) is 0.857. The van der Waals surface area contributed by atoms with E-state index in [1.165, 1.54) is 0 Å². The van der Waals surface area contributed by atoms with Crippen LogP contribution in [0.3, 0.4) is 0 Å². The molecule has 0 saturated carbocycles. The van der Waals surface area contributed by atoms with Gasteiger partial charge in [-0.2, -0.15) is 0 Å². The Morgan fingerprint density at radius 1 is 1.58 bits per heavy atom. The Morgan fingerprint density at radius 3 is 2.67 bits per heavy atom. The topological polar surface area (TPSA) is 81.8 Å². The average molecular weight is 177 g/mol. The molecule has 0 aliphatic carbocycles. The number of hydrogen-bond acceptors (Lipinski definition) is 4. The summed E-state index contributed by atoms with van der Waals surface area (Å²) in [7, 11) is 0. The molecule has 0 amide bonds. The van der Waals surface area contributed by atoms with Crippen LogP contribution in [0.25, 0.3) is 0 Å². The molecule has 3 N–H and O–H groups in total. The zero-order valence-electron chi connectivity index (χ0n) is 7.16. The van der Waals surface area contributed by atoms with Gasteiger partial charge in [0.2, 0.25) is 0 Å². The fourth-order valence-electron chi connectivity index (χ4n) is 0.634. The Balaban J connectivity index is 3.38. The first-order chi connectivity index (χ1) is 5.72. The molecule has 0 spiro atoms. The molecule has 0 fully saturated rings. The molecule has 1 unspecified atom stereocenters. The zero-order valence-corrected chi connectivity index (χ0v) is 7.16. The Labute approximate surface area is 71.5 Å². The van der Waals surface area contributed by atoms with E-state index in [0.717, 1.165) is 0 Å². The molecule has 0 aromatic heterocycles. The van der Waals surface area contributed by atoms with E-state index in [2.05, 4.69) is 0 Å². The second kappa shape index (κ2) is 7.02. The summed E-state index contributed by atoms with van der Waals surface area (Å²) in [6.07, 6.45) is -0.912. The van der Waals surface area contributed by atoms with Crippen LogP contribution in [0.2, 0.25) is 0 Å². The maximum Gasteiger partial charge on any atom is 0.334 e. The van der Waals surface area contributed by atoms with Gasteiger partial charge in [-0.05, 0) is 6.92 Å². The smallest absolute Gasteiger partial charge is 0.334 e. The van der Waals surface area contributed by atoms with Crippen LogP contribution in [0.15, 0.2) is 0 Å². The monoisotopic (exact) mass is 177 g/mol. The number of ether oxygens (including phenoxy) is 2. The maximum atomic E-state index is 10.3. The molecular weight excluding hydrogens is 162 g/mol. The molecule has 0 aromatic carbocycles. The second-order valence-electron chi connectivity index (χ2n) is 2.13. The van der Waals surface area contributed by atoms with Gasteiger partial charge < -0.3 is 20.3 Å². The predicted molar refractivity (Wildman–Crippen MR) is 42.9 cm³/mol. The van der Waals surface area contributed by atoms with E-state index in [-0.39, 0.29) is 13.2 Å². The summed E-state index contributed by atoms with van der Waals surface area (Å²) in [6, 6.07) is 0. The van der Waals surface area contributed by atoms with E-state index in [4.69, 9.17) is 20.3 Å². The van der Waals surface area contributed by atoms with Crippen molar-refractivity contribution >= 4 is 5.97 Å². The first-order valence-corrected chi connectivity index (χ1v) is 3.84. The number of rotatable bonds is 7. The van der Waals surface area contributed by atoms with Crippen molar-refractivity contribution < 1.29 is 19.4 Å². The van der Waals surface area contributed by atoms with Crippen molar-refractivity contribution in [2.45, 2.75) is 13.0 Å². The van der Waals surface area contributed by atoms with Crippen LogP contribution >= 0.6 is 0 Å². The lowest BCUT2D eigenvalue weighted by Gasteiger charge is -2.10. The van der Waals surface area contributed by atoms with E-state index in [1.807, 2.05) is 6.92 Å². The molecule has 12 heavy (non-hydrogen) atoms. The summed E-state index contributed by atoms with van der Waals surface area (Å²) in [5, 5.41) is 8.48. The van der Waals surface area contributed by atoms with Crippen LogP contribution in [0.5, 0.6) is 0 Å². The van der Waals surface area contributed by atoms with Gasteiger partial charge in [-0.15, -0.1) is 0 Å². The van der Waals surface area contributed by atoms with E-state index in [1.54, 1.807) is 0 Å². The van der Waals surface area contributed by atoms with Crippen molar-refractivity contribution in [2.24, 2.45) is 5.73 Å². The predicted octanol–water partition coefficient (Wildman–Crippen LogP) is -0.549. The molecule has 5 nitrogen and oxygen atoms in total. The quantitative estimate of drug-likeness (QED) is 0.510. The molecule has 0 aliphatic rings. The third-order valence-corrected chi connectivity index (χ3v) is 1.24. The highest BCUT2D eigenvalue weighted by molar-refractivity contribution is 5.72. The highest BCUT2D eigenvalue weighted by Crippen LogP contribution is 1.89. The van der Waals surface area contributed by atoms with Crippen LogP contribution in [0.4, 0.5) is 0 Å². The lowest BCUT2D eigenvalue weighted by molar-refractivity contribution is -0.150. The molecule has 0 radical (unpaired) electrons. The Bertz CT molecular complexity index is 129. The van der Waals surface area contributed by atoms with E-state index < -0.39 is 12.1 Å². The fourth-order valence-corrected chi connectivity index (χ4v) is 0.634. The van der Waals surface area contributed by atoms with Crippen LogP contribution in [0.1, 0.15) is 6.92 Å². The number of nitrogens with two attached hydrogens (primary N) is 1. The highest BCUT2D eigenvalue weighted by Gasteiger charge is 2.14. The number of carbonyl (C=O) groups is 1. The molecule has 0 aliphatic heterocycles. The molecular formula is C7H15NO4. The Morgan fingerprint density at radius 2 is 2.25 bits per heavy atom. The first-order valence-electron chi connectivity index (χ1n) is 3.84. The number of carboxylic acid groups (broad SMARTS) is 1. The van der Waals surface area contributed by atoms with E-state index in [9.17, 15) is 4.79 Å². The summed E-state index contributed by atoms with van der Waals surface area (Å²) in [4.78, 5) is 10.3. The van der Waals surface area contributed by atoms with Crippen LogP contribution in [-0.2, 0) is 14.3 Å².